The summed E-state index contributed by atoms with van der Waals surface area (Å²) in [5.41, 5.74) is 14.0. The molecule has 0 aliphatic rings. The van der Waals surface area contributed by atoms with Crippen molar-refractivity contribution in [3.63, 3.8) is 0 Å². The molecule has 1 heterocycles. The van der Waals surface area contributed by atoms with Gasteiger partial charge in [0.25, 0.3) is 0 Å². The van der Waals surface area contributed by atoms with Crippen molar-refractivity contribution in [3.05, 3.63) is 71.9 Å². The number of nitrogens with two attached hydrogens (primary N) is 2. The van der Waals surface area contributed by atoms with Gasteiger partial charge < -0.3 is 37.5 Å². The Bertz CT molecular complexity index is 1480. The van der Waals surface area contributed by atoms with Crippen LogP contribution >= 0.6 is 0 Å². The first-order chi connectivity index (χ1) is 20.4. The molecule has 3 aromatic rings. The van der Waals surface area contributed by atoms with Crippen LogP contribution in [-0.2, 0) is 47.6 Å². The first kappa shape index (κ1) is 32.9. The summed E-state index contributed by atoms with van der Waals surface area (Å²) in [6.45, 7) is 0. The number of fused-ring (bicyclic) bond motifs is 1. The molecule has 0 aliphatic carbocycles. The third-order valence-corrected chi connectivity index (χ3v) is 7.54. The van der Waals surface area contributed by atoms with E-state index in [1.165, 1.54) is 6.26 Å². The van der Waals surface area contributed by atoms with Gasteiger partial charge in [-0.2, -0.15) is 0 Å². The fourth-order valence-corrected chi connectivity index (χ4v) is 5.03. The number of rotatable bonds is 16. The van der Waals surface area contributed by atoms with E-state index in [0.29, 0.717) is 5.56 Å². The minimum Gasteiger partial charge on any atom is -0.481 e. The molecule has 43 heavy (non-hydrogen) atoms. The standard InChI is InChI=1S/C29H36N6O7S/c1-43(42)12-11-22(33-27(39)20(30)14-18-16-32-21-10-6-5-9-19(18)21)28(40)35-24(15-25(36)37)29(41)34-23(26(31)38)13-17-7-3-2-4-8-17/h2-10,16,20,22-24,32H,11-15,30H2,1H3,(H2,31,38)(H,33,39)(H,34,41)(H,35,40)(H,36,37)/t20-,22+,23+,24+,43?/m1/s1. The van der Waals surface area contributed by atoms with Crippen molar-refractivity contribution in [2.75, 3.05) is 12.0 Å². The van der Waals surface area contributed by atoms with E-state index in [-0.39, 0.29) is 25.0 Å². The zero-order valence-corrected chi connectivity index (χ0v) is 24.4. The van der Waals surface area contributed by atoms with Crippen LogP contribution in [0, 0.1) is 0 Å². The second-order valence-electron chi connectivity index (χ2n) is 10.1. The van der Waals surface area contributed by atoms with E-state index in [2.05, 4.69) is 20.9 Å². The van der Waals surface area contributed by atoms with Gasteiger partial charge in [-0.1, -0.05) is 48.5 Å². The Morgan fingerprint density at radius 3 is 2.12 bits per heavy atom. The molecule has 4 amide bonds. The maximum absolute atomic E-state index is 13.3. The topological polar surface area (TPSA) is 227 Å². The fraction of sp³-hybridized carbons (Fsp3) is 0.345. The predicted octanol–water partition coefficient (Wildman–Crippen LogP) is -0.537. The molecule has 3 rings (SSSR count). The summed E-state index contributed by atoms with van der Waals surface area (Å²) in [4.78, 5) is 66.1. The average molecular weight is 613 g/mol. The fourth-order valence-electron chi connectivity index (χ4n) is 4.46. The summed E-state index contributed by atoms with van der Waals surface area (Å²) in [7, 11) is -1.32. The summed E-state index contributed by atoms with van der Waals surface area (Å²) in [5, 5.41) is 17.6. The smallest absolute Gasteiger partial charge is 0.305 e. The number of carbonyl (C=O) groups is 5. The van der Waals surface area contributed by atoms with E-state index in [1.807, 2.05) is 24.3 Å². The number of amides is 4. The number of nitrogens with one attached hydrogen (secondary N) is 4. The summed E-state index contributed by atoms with van der Waals surface area (Å²) in [6, 6.07) is 11.1. The van der Waals surface area contributed by atoms with Crippen molar-refractivity contribution in [3.8, 4) is 0 Å². The molecule has 0 fully saturated rings. The third kappa shape index (κ3) is 10.0. The molecule has 0 spiro atoms. The summed E-state index contributed by atoms with van der Waals surface area (Å²) >= 11 is 0. The van der Waals surface area contributed by atoms with E-state index >= 15 is 0 Å². The molecule has 0 radical (unpaired) electrons. The predicted molar refractivity (Wildman–Crippen MR) is 161 cm³/mol. The lowest BCUT2D eigenvalue weighted by Gasteiger charge is -2.25. The Balaban J connectivity index is 1.71. The van der Waals surface area contributed by atoms with Crippen LogP contribution in [0.25, 0.3) is 10.9 Å². The van der Waals surface area contributed by atoms with Crippen LogP contribution in [0.4, 0.5) is 0 Å². The molecular weight excluding hydrogens is 576 g/mol. The Labute approximate surface area is 250 Å². The minimum absolute atomic E-state index is 0.0344. The van der Waals surface area contributed by atoms with Gasteiger partial charge in [-0.25, -0.2) is 0 Å². The Hall–Kier alpha value is -4.56. The molecule has 13 nitrogen and oxygen atoms in total. The Morgan fingerprint density at radius 2 is 1.47 bits per heavy atom. The molecule has 9 N–H and O–H groups in total. The van der Waals surface area contributed by atoms with E-state index < -0.39 is 71.0 Å². The van der Waals surface area contributed by atoms with Crippen LogP contribution < -0.4 is 27.4 Å². The number of para-hydroxylation sites is 1. The summed E-state index contributed by atoms with van der Waals surface area (Å²) in [6.07, 6.45) is 2.49. The number of benzene rings is 2. The van der Waals surface area contributed by atoms with E-state index in [9.17, 15) is 33.3 Å². The van der Waals surface area contributed by atoms with Gasteiger partial charge in [0.05, 0.1) is 12.5 Å². The highest BCUT2D eigenvalue weighted by atomic mass is 32.2. The van der Waals surface area contributed by atoms with Gasteiger partial charge in [0.1, 0.15) is 18.1 Å². The third-order valence-electron chi connectivity index (χ3n) is 6.73. The number of aromatic amines is 1. The van der Waals surface area contributed by atoms with E-state index in [4.69, 9.17) is 11.5 Å². The number of H-pyrrole nitrogens is 1. The molecule has 2 aromatic carbocycles. The molecule has 14 heteroatoms. The van der Waals surface area contributed by atoms with E-state index in [1.54, 1.807) is 36.5 Å². The molecule has 230 valence electrons. The maximum atomic E-state index is 13.3. The van der Waals surface area contributed by atoms with Gasteiger partial charge in [0.15, 0.2) is 0 Å². The number of primary amides is 1. The average Bonchev–Trinajstić information content (AvgIpc) is 3.37. The number of hydrogen-bond acceptors (Lipinski definition) is 7. The van der Waals surface area contributed by atoms with E-state index in [0.717, 1.165) is 16.5 Å². The van der Waals surface area contributed by atoms with Crippen molar-refractivity contribution >= 4 is 51.3 Å². The number of aliphatic carboxylic acids is 1. The second-order valence-corrected chi connectivity index (χ2v) is 11.7. The molecule has 1 unspecified atom stereocenters. The van der Waals surface area contributed by atoms with Gasteiger partial charge in [-0.15, -0.1) is 0 Å². The molecule has 1 aromatic heterocycles. The van der Waals surface area contributed by atoms with Gasteiger partial charge in [0, 0.05) is 46.3 Å². The quantitative estimate of drug-likeness (QED) is 0.111. The number of carboxylic acids is 1. The van der Waals surface area contributed by atoms with Gasteiger partial charge in [-0.3, -0.25) is 28.2 Å². The molecule has 0 aliphatic heterocycles. The molecular formula is C29H36N6O7S. The monoisotopic (exact) mass is 612 g/mol. The number of aromatic nitrogens is 1. The number of carbonyl (C=O) groups excluding carboxylic acids is 4. The van der Waals surface area contributed by atoms with Crippen molar-refractivity contribution in [1.29, 1.82) is 0 Å². The first-order valence-corrected chi connectivity index (χ1v) is 15.2. The lowest BCUT2D eigenvalue weighted by atomic mass is 10.0. The van der Waals surface area contributed by atoms with Crippen LogP contribution in [0.2, 0.25) is 0 Å². The van der Waals surface area contributed by atoms with Gasteiger partial charge in [0.2, 0.25) is 23.6 Å². The Morgan fingerprint density at radius 1 is 0.860 bits per heavy atom. The van der Waals surface area contributed by atoms with Crippen LogP contribution in [0.5, 0.6) is 0 Å². The zero-order valence-electron chi connectivity index (χ0n) is 23.6. The summed E-state index contributed by atoms with van der Waals surface area (Å²) < 4.78 is 11.8. The number of hydrogen-bond donors (Lipinski definition) is 7. The summed E-state index contributed by atoms with van der Waals surface area (Å²) in [5.74, 6) is -4.70. The van der Waals surface area contributed by atoms with Crippen molar-refractivity contribution < 1.29 is 33.3 Å². The van der Waals surface area contributed by atoms with Crippen molar-refractivity contribution in [2.45, 2.75) is 49.9 Å². The maximum Gasteiger partial charge on any atom is 0.305 e. The van der Waals surface area contributed by atoms with Crippen LogP contribution in [0.15, 0.2) is 60.8 Å². The number of carboxylic acid groups (broad SMARTS) is 1. The highest BCUT2D eigenvalue weighted by Gasteiger charge is 2.31. The van der Waals surface area contributed by atoms with Crippen molar-refractivity contribution in [1.82, 2.24) is 20.9 Å². The zero-order chi connectivity index (χ0) is 31.5. The minimum atomic E-state index is -1.60. The van der Waals surface area contributed by atoms with Gasteiger partial charge >= 0.3 is 5.97 Å². The van der Waals surface area contributed by atoms with Crippen LogP contribution in [-0.4, -0.2) is 80.1 Å². The Kier molecular flexibility index (Phi) is 12.0. The normalized spacial score (nSPS) is 14.6. The van der Waals surface area contributed by atoms with Crippen LogP contribution in [0.1, 0.15) is 24.0 Å². The highest BCUT2D eigenvalue weighted by molar-refractivity contribution is 7.84. The molecule has 0 bridgehead atoms. The molecule has 0 saturated heterocycles. The SMILES string of the molecule is CS(=O)CC[C@H](NC(=O)[C@H](N)Cc1c[nH]c2ccccc12)C(=O)N[C@@H](CC(=O)O)C(=O)N[C@@H](Cc1ccccc1)C(N)=O. The lowest BCUT2D eigenvalue weighted by molar-refractivity contribution is -0.141. The van der Waals surface area contributed by atoms with Crippen LogP contribution in [0.3, 0.4) is 0 Å². The second kappa shape index (κ2) is 15.6. The lowest BCUT2D eigenvalue weighted by Crippen LogP contribution is -2.58. The highest BCUT2D eigenvalue weighted by Crippen LogP contribution is 2.19. The first-order valence-electron chi connectivity index (χ1n) is 13.5. The molecule has 0 saturated carbocycles. The largest absolute Gasteiger partial charge is 0.481 e. The molecule has 5 atom stereocenters. The van der Waals surface area contributed by atoms with Crippen molar-refractivity contribution in [2.24, 2.45) is 11.5 Å². The van der Waals surface area contributed by atoms with Gasteiger partial charge in [-0.05, 0) is 30.0 Å².